The van der Waals surface area contributed by atoms with Gasteiger partial charge in [0.05, 0.1) is 16.3 Å². The number of hydrogen-bond acceptors (Lipinski definition) is 7. The predicted octanol–water partition coefficient (Wildman–Crippen LogP) is 3.00. The molecule has 0 aromatic carbocycles. The lowest BCUT2D eigenvalue weighted by molar-refractivity contribution is 0.194. The summed E-state index contributed by atoms with van der Waals surface area (Å²) in [5, 5.41) is 7.44. The number of nitrogens with zero attached hydrogens (tertiary/aromatic N) is 2. The van der Waals surface area contributed by atoms with E-state index in [2.05, 4.69) is 14.7 Å². The van der Waals surface area contributed by atoms with E-state index >= 15 is 0 Å². The third-order valence-electron chi connectivity index (χ3n) is 2.65. The minimum atomic E-state index is 0.551. The number of nitrogen functional groups attached to an aromatic ring is 1. The Bertz CT molecular complexity index is 524. The van der Waals surface area contributed by atoms with E-state index in [1.54, 1.807) is 18.4 Å². The molecule has 2 rings (SSSR count). The van der Waals surface area contributed by atoms with Gasteiger partial charge in [-0.05, 0) is 31.3 Å². The van der Waals surface area contributed by atoms with E-state index in [9.17, 15) is 0 Å². The molecule has 3 N–H and O–H groups in total. The predicted molar refractivity (Wildman–Crippen MR) is 82.0 cm³/mol. The lowest BCUT2D eigenvalue weighted by Crippen LogP contribution is -2.03. The molecular weight excluding hydrogens is 280 g/mol. The van der Waals surface area contributed by atoms with E-state index in [0.717, 1.165) is 47.3 Å². The Kier molecular flexibility index (Phi) is 5.12. The Balaban J connectivity index is 2.02. The first-order chi connectivity index (χ1) is 9.22. The molecule has 7 heteroatoms. The van der Waals surface area contributed by atoms with Gasteiger partial charge in [-0.2, -0.15) is 4.37 Å². The van der Waals surface area contributed by atoms with Gasteiger partial charge in [-0.15, -0.1) is 11.3 Å². The molecular formula is C12H18N4OS2. The third kappa shape index (κ3) is 3.65. The van der Waals surface area contributed by atoms with E-state index < -0.39 is 0 Å². The van der Waals surface area contributed by atoms with Gasteiger partial charge in [-0.1, -0.05) is 0 Å². The van der Waals surface area contributed by atoms with E-state index in [-0.39, 0.29) is 0 Å². The summed E-state index contributed by atoms with van der Waals surface area (Å²) in [6, 6.07) is 0. The molecule has 2 heterocycles. The normalized spacial score (nSPS) is 10.8. The third-order valence-corrected chi connectivity index (χ3v) is 4.25. The lowest BCUT2D eigenvalue weighted by atomic mass is 10.2. The molecule has 0 saturated heterocycles. The molecule has 0 saturated carbocycles. The number of nitrogens with two attached hydrogens (primary N) is 1. The molecule has 19 heavy (non-hydrogen) atoms. The molecule has 2 aromatic heterocycles. The van der Waals surface area contributed by atoms with Gasteiger partial charge in [0.1, 0.15) is 10.8 Å². The number of ether oxygens (including phenoxy) is 1. The van der Waals surface area contributed by atoms with Crippen molar-refractivity contribution in [2.45, 2.75) is 19.8 Å². The molecule has 0 radical (unpaired) electrons. The van der Waals surface area contributed by atoms with Gasteiger partial charge < -0.3 is 15.8 Å². The van der Waals surface area contributed by atoms with Crippen LogP contribution >= 0.6 is 22.9 Å². The van der Waals surface area contributed by atoms with Crippen LogP contribution in [0.2, 0.25) is 0 Å². The highest BCUT2D eigenvalue weighted by Gasteiger charge is 2.15. The Labute approximate surface area is 121 Å². The molecule has 0 atom stereocenters. The fourth-order valence-corrected chi connectivity index (χ4v) is 3.07. The van der Waals surface area contributed by atoms with Crippen molar-refractivity contribution in [1.29, 1.82) is 0 Å². The fraction of sp³-hybridized carbons (Fsp3) is 0.500. The minimum absolute atomic E-state index is 0.551. The number of aromatic nitrogens is 2. The van der Waals surface area contributed by atoms with Crippen LogP contribution < -0.4 is 11.1 Å². The summed E-state index contributed by atoms with van der Waals surface area (Å²) in [5.41, 5.74) is 7.78. The Morgan fingerprint density at radius 2 is 2.26 bits per heavy atom. The van der Waals surface area contributed by atoms with Crippen LogP contribution in [0.25, 0.3) is 11.3 Å². The Hall–Kier alpha value is -1.18. The first-order valence-corrected chi connectivity index (χ1v) is 7.78. The number of aryl methyl sites for hydroxylation is 1. The summed E-state index contributed by atoms with van der Waals surface area (Å²) in [4.78, 5) is 4.48. The maximum atomic E-state index is 5.94. The molecule has 0 aliphatic heterocycles. The van der Waals surface area contributed by atoms with Gasteiger partial charge in [-0.3, -0.25) is 0 Å². The molecule has 5 nitrogen and oxygen atoms in total. The van der Waals surface area contributed by atoms with Crippen LogP contribution in [0.5, 0.6) is 0 Å². The number of rotatable bonds is 7. The number of unbranched alkanes of at least 4 members (excludes halogenated alkanes) is 1. The number of methoxy groups -OCH3 is 1. The molecule has 0 amide bonds. The molecule has 2 aromatic rings. The van der Waals surface area contributed by atoms with Gasteiger partial charge in [0, 0.05) is 25.6 Å². The second-order valence-corrected chi connectivity index (χ2v) is 5.99. The Morgan fingerprint density at radius 1 is 1.42 bits per heavy atom. The summed E-state index contributed by atoms with van der Waals surface area (Å²) in [7, 11) is 1.72. The lowest BCUT2D eigenvalue weighted by Gasteiger charge is -2.05. The first-order valence-electron chi connectivity index (χ1n) is 6.13. The zero-order valence-electron chi connectivity index (χ0n) is 11.1. The summed E-state index contributed by atoms with van der Waals surface area (Å²) in [6.07, 6.45) is 2.10. The van der Waals surface area contributed by atoms with Crippen LogP contribution in [-0.4, -0.2) is 29.6 Å². The van der Waals surface area contributed by atoms with Crippen LogP contribution in [0.1, 0.15) is 17.8 Å². The summed E-state index contributed by atoms with van der Waals surface area (Å²) < 4.78 is 9.24. The molecule has 0 aliphatic carbocycles. The quantitative estimate of drug-likeness (QED) is 0.769. The summed E-state index contributed by atoms with van der Waals surface area (Å²) in [6.45, 7) is 3.67. The largest absolute Gasteiger partial charge is 0.385 e. The van der Waals surface area contributed by atoms with Crippen LogP contribution in [0.4, 0.5) is 10.8 Å². The van der Waals surface area contributed by atoms with Crippen molar-refractivity contribution in [3.63, 3.8) is 0 Å². The van der Waals surface area contributed by atoms with Crippen LogP contribution in [0.15, 0.2) is 5.38 Å². The van der Waals surface area contributed by atoms with Gasteiger partial charge >= 0.3 is 0 Å². The van der Waals surface area contributed by atoms with Crippen molar-refractivity contribution in [3.8, 4) is 11.3 Å². The minimum Gasteiger partial charge on any atom is -0.385 e. The maximum absolute atomic E-state index is 5.94. The van der Waals surface area contributed by atoms with Gasteiger partial charge in [-0.25, -0.2) is 4.98 Å². The SMILES string of the molecule is COCCCCNc1snc(N)c1-c1csc(C)n1. The van der Waals surface area contributed by atoms with Gasteiger partial charge in [0.25, 0.3) is 0 Å². The molecule has 0 aliphatic rings. The molecule has 0 bridgehead atoms. The first kappa shape index (κ1) is 14.2. The number of nitrogens with one attached hydrogen (secondary N) is 1. The van der Waals surface area contributed by atoms with E-state index in [1.807, 2.05) is 12.3 Å². The van der Waals surface area contributed by atoms with E-state index in [1.165, 1.54) is 11.5 Å². The van der Waals surface area contributed by atoms with Gasteiger partial charge in [0.2, 0.25) is 0 Å². The average molecular weight is 298 g/mol. The summed E-state index contributed by atoms with van der Waals surface area (Å²) >= 11 is 3.01. The van der Waals surface area contributed by atoms with E-state index in [4.69, 9.17) is 10.5 Å². The molecule has 0 fully saturated rings. The second kappa shape index (κ2) is 6.83. The topological polar surface area (TPSA) is 73.1 Å². The van der Waals surface area contributed by atoms with Crippen LogP contribution in [0.3, 0.4) is 0 Å². The number of hydrogen-bond donors (Lipinski definition) is 2. The number of thiazole rings is 1. The molecule has 104 valence electrons. The second-order valence-electron chi connectivity index (χ2n) is 4.15. The van der Waals surface area contributed by atoms with Crippen molar-refractivity contribution < 1.29 is 4.74 Å². The van der Waals surface area contributed by atoms with Gasteiger partial charge in [0.15, 0.2) is 0 Å². The van der Waals surface area contributed by atoms with Crippen molar-refractivity contribution in [3.05, 3.63) is 10.4 Å². The van der Waals surface area contributed by atoms with Crippen molar-refractivity contribution >= 4 is 33.7 Å². The highest BCUT2D eigenvalue weighted by Crippen LogP contribution is 2.36. The van der Waals surface area contributed by atoms with Crippen LogP contribution in [-0.2, 0) is 4.74 Å². The van der Waals surface area contributed by atoms with Crippen molar-refractivity contribution in [2.75, 3.05) is 31.3 Å². The highest BCUT2D eigenvalue weighted by molar-refractivity contribution is 7.11. The number of anilines is 2. The monoisotopic (exact) mass is 298 g/mol. The standard InChI is InChI=1S/C12H18N4OS2/c1-8-15-9(7-18-8)10-11(13)16-19-12(10)14-5-3-4-6-17-2/h7,14H,3-6H2,1-2H3,(H2,13,16). The zero-order chi connectivity index (χ0) is 13.7. The molecule has 0 unspecified atom stereocenters. The highest BCUT2D eigenvalue weighted by atomic mass is 32.1. The average Bonchev–Trinajstić information content (AvgIpc) is 2.95. The summed E-state index contributed by atoms with van der Waals surface area (Å²) in [5.74, 6) is 0.551. The maximum Gasteiger partial charge on any atom is 0.148 e. The Morgan fingerprint density at radius 3 is 2.95 bits per heavy atom. The van der Waals surface area contributed by atoms with E-state index in [0.29, 0.717) is 5.82 Å². The van der Waals surface area contributed by atoms with Crippen molar-refractivity contribution in [2.24, 2.45) is 0 Å². The molecule has 0 spiro atoms. The smallest absolute Gasteiger partial charge is 0.148 e. The van der Waals surface area contributed by atoms with Crippen molar-refractivity contribution in [1.82, 2.24) is 9.36 Å². The van der Waals surface area contributed by atoms with Crippen LogP contribution in [0, 0.1) is 6.92 Å². The fourth-order valence-electron chi connectivity index (χ4n) is 1.72. The zero-order valence-corrected chi connectivity index (χ0v) is 12.7.